The van der Waals surface area contributed by atoms with Gasteiger partial charge in [0.2, 0.25) is 0 Å². The zero-order valence-corrected chi connectivity index (χ0v) is 9.37. The molecule has 0 aliphatic heterocycles. The fraction of sp³-hybridized carbons (Fsp3) is 0.600. The van der Waals surface area contributed by atoms with E-state index in [1.54, 1.807) is 18.4 Å². The molecule has 0 amide bonds. The van der Waals surface area contributed by atoms with Crippen molar-refractivity contribution in [3.05, 3.63) is 22.4 Å². The van der Waals surface area contributed by atoms with Gasteiger partial charge in [0.15, 0.2) is 0 Å². The third-order valence-corrected chi connectivity index (χ3v) is 2.41. The van der Waals surface area contributed by atoms with Gasteiger partial charge in [-0.1, -0.05) is 13.8 Å². The Bertz CT molecular complexity index is 190. The Kier molecular flexibility index (Phi) is 5.18. The predicted octanol–water partition coefficient (Wildman–Crippen LogP) is 3.66. The van der Waals surface area contributed by atoms with Gasteiger partial charge < -0.3 is 4.74 Å². The van der Waals surface area contributed by atoms with Crippen LogP contribution in [0.3, 0.4) is 0 Å². The summed E-state index contributed by atoms with van der Waals surface area (Å²) in [6.07, 6.45) is 0. The lowest BCUT2D eigenvalue weighted by Crippen LogP contribution is -2.17. The summed E-state index contributed by atoms with van der Waals surface area (Å²) in [5.74, 6) is 0. The minimum absolute atomic E-state index is 0.125. The summed E-state index contributed by atoms with van der Waals surface area (Å²) in [5, 5.41) is 4.18. The fourth-order valence-electron chi connectivity index (χ4n) is 0.725. The summed E-state index contributed by atoms with van der Waals surface area (Å²) < 4.78 is 5.29. The van der Waals surface area contributed by atoms with Gasteiger partial charge in [0, 0.05) is 7.11 Å². The van der Waals surface area contributed by atoms with Crippen molar-refractivity contribution in [1.82, 2.24) is 0 Å². The minimum Gasteiger partial charge on any atom is -0.374 e. The highest BCUT2D eigenvalue weighted by Gasteiger charge is 2.18. The van der Waals surface area contributed by atoms with E-state index in [0.29, 0.717) is 0 Å². The smallest absolute Gasteiger partial charge is 0.0879 e. The molecule has 0 aromatic carbocycles. The minimum atomic E-state index is -0.125. The van der Waals surface area contributed by atoms with Crippen LogP contribution in [0.1, 0.15) is 33.3 Å². The molecule has 0 atom stereocenters. The third-order valence-electron chi connectivity index (χ3n) is 1.73. The lowest BCUT2D eigenvalue weighted by molar-refractivity contribution is 0.0196. The molecule has 1 aromatic heterocycles. The molecule has 0 saturated heterocycles. The molecule has 0 radical (unpaired) electrons. The number of hydrogen-bond acceptors (Lipinski definition) is 2. The Hall–Kier alpha value is -0.340. The van der Waals surface area contributed by atoms with E-state index in [9.17, 15) is 0 Å². The van der Waals surface area contributed by atoms with E-state index in [0.717, 1.165) is 0 Å². The molecule has 1 aromatic rings. The van der Waals surface area contributed by atoms with Crippen LogP contribution in [0, 0.1) is 0 Å². The molecule has 1 rings (SSSR count). The van der Waals surface area contributed by atoms with E-state index in [1.807, 2.05) is 13.8 Å². The zero-order valence-electron chi connectivity index (χ0n) is 8.55. The van der Waals surface area contributed by atoms with Crippen molar-refractivity contribution in [3.8, 4) is 0 Å². The SMILES string of the molecule is CC.COC(C)(C)c1ccsc1. The van der Waals surface area contributed by atoms with Crippen molar-refractivity contribution in [3.63, 3.8) is 0 Å². The Morgan fingerprint density at radius 1 is 1.33 bits per heavy atom. The normalized spacial score (nSPS) is 10.4. The van der Waals surface area contributed by atoms with Crippen LogP contribution in [0.4, 0.5) is 0 Å². The topological polar surface area (TPSA) is 9.23 Å². The molecule has 0 aliphatic rings. The van der Waals surface area contributed by atoms with E-state index in [1.165, 1.54) is 5.56 Å². The highest BCUT2D eigenvalue weighted by atomic mass is 32.1. The van der Waals surface area contributed by atoms with Gasteiger partial charge in [-0.25, -0.2) is 0 Å². The first-order valence-electron chi connectivity index (χ1n) is 4.24. The quantitative estimate of drug-likeness (QED) is 0.685. The standard InChI is InChI=1S/C8H12OS.C2H6/c1-8(2,9-3)7-4-5-10-6-7;1-2/h4-6H,1-3H3;1-2H3. The van der Waals surface area contributed by atoms with Gasteiger partial charge in [-0.15, -0.1) is 0 Å². The van der Waals surface area contributed by atoms with Crippen LogP contribution in [0.15, 0.2) is 16.8 Å². The highest BCUT2D eigenvalue weighted by molar-refractivity contribution is 7.08. The molecule has 0 spiro atoms. The van der Waals surface area contributed by atoms with E-state index >= 15 is 0 Å². The van der Waals surface area contributed by atoms with Crippen LogP contribution in [-0.2, 0) is 10.3 Å². The molecular weight excluding hydrogens is 168 g/mol. The average Bonchev–Trinajstić information content (AvgIpc) is 2.61. The van der Waals surface area contributed by atoms with Crippen LogP contribution >= 0.6 is 11.3 Å². The Labute approximate surface area is 79.4 Å². The maximum atomic E-state index is 5.29. The molecule has 0 N–H and O–H groups in total. The van der Waals surface area contributed by atoms with Crippen LogP contribution in [0.25, 0.3) is 0 Å². The van der Waals surface area contributed by atoms with Crippen molar-refractivity contribution in [2.75, 3.05) is 7.11 Å². The molecule has 0 bridgehead atoms. The van der Waals surface area contributed by atoms with Crippen molar-refractivity contribution in [2.45, 2.75) is 33.3 Å². The van der Waals surface area contributed by atoms with E-state index in [2.05, 4.69) is 30.7 Å². The Morgan fingerprint density at radius 3 is 2.25 bits per heavy atom. The summed E-state index contributed by atoms with van der Waals surface area (Å²) in [4.78, 5) is 0. The molecule has 2 heteroatoms. The number of methoxy groups -OCH3 is 1. The first-order valence-corrected chi connectivity index (χ1v) is 5.19. The van der Waals surface area contributed by atoms with Gasteiger partial charge in [-0.05, 0) is 36.2 Å². The van der Waals surface area contributed by atoms with Crippen molar-refractivity contribution in [1.29, 1.82) is 0 Å². The summed E-state index contributed by atoms with van der Waals surface area (Å²) in [7, 11) is 1.73. The van der Waals surface area contributed by atoms with E-state index in [4.69, 9.17) is 4.74 Å². The van der Waals surface area contributed by atoms with Gasteiger partial charge in [0.1, 0.15) is 0 Å². The largest absolute Gasteiger partial charge is 0.374 e. The molecule has 1 nitrogen and oxygen atoms in total. The van der Waals surface area contributed by atoms with Gasteiger partial charge in [0.05, 0.1) is 5.60 Å². The number of thiophene rings is 1. The predicted molar refractivity (Wildman–Crippen MR) is 55.7 cm³/mol. The molecule has 0 fully saturated rings. The first-order chi connectivity index (χ1) is 5.67. The van der Waals surface area contributed by atoms with Crippen molar-refractivity contribution < 1.29 is 4.74 Å². The summed E-state index contributed by atoms with van der Waals surface area (Å²) in [5.41, 5.74) is 1.13. The maximum absolute atomic E-state index is 5.29. The second-order valence-electron chi connectivity index (χ2n) is 2.73. The van der Waals surface area contributed by atoms with E-state index in [-0.39, 0.29) is 5.60 Å². The maximum Gasteiger partial charge on any atom is 0.0879 e. The summed E-state index contributed by atoms with van der Waals surface area (Å²) >= 11 is 1.70. The van der Waals surface area contributed by atoms with Crippen molar-refractivity contribution >= 4 is 11.3 Å². The third kappa shape index (κ3) is 2.95. The van der Waals surface area contributed by atoms with Crippen LogP contribution < -0.4 is 0 Å². The lowest BCUT2D eigenvalue weighted by atomic mass is 10.0. The zero-order chi connectivity index (χ0) is 9.61. The van der Waals surface area contributed by atoms with Gasteiger partial charge in [-0.2, -0.15) is 11.3 Å². The summed E-state index contributed by atoms with van der Waals surface area (Å²) in [6, 6.07) is 2.09. The molecule has 12 heavy (non-hydrogen) atoms. The van der Waals surface area contributed by atoms with Crippen molar-refractivity contribution in [2.24, 2.45) is 0 Å². The molecule has 0 aliphatic carbocycles. The van der Waals surface area contributed by atoms with Crippen LogP contribution in [0.2, 0.25) is 0 Å². The molecule has 1 heterocycles. The Morgan fingerprint density at radius 2 is 1.92 bits per heavy atom. The molecule has 70 valence electrons. The Balaban J connectivity index is 0.000000561. The molecule has 0 unspecified atom stereocenters. The van der Waals surface area contributed by atoms with Crippen LogP contribution in [0.5, 0.6) is 0 Å². The van der Waals surface area contributed by atoms with E-state index < -0.39 is 0 Å². The number of rotatable bonds is 2. The summed E-state index contributed by atoms with van der Waals surface area (Å²) in [6.45, 7) is 8.13. The van der Waals surface area contributed by atoms with Gasteiger partial charge >= 0.3 is 0 Å². The second kappa shape index (κ2) is 5.33. The van der Waals surface area contributed by atoms with Crippen LogP contribution in [-0.4, -0.2) is 7.11 Å². The average molecular weight is 186 g/mol. The highest BCUT2D eigenvalue weighted by Crippen LogP contribution is 2.25. The van der Waals surface area contributed by atoms with Gasteiger partial charge in [-0.3, -0.25) is 0 Å². The number of ether oxygens (including phenoxy) is 1. The second-order valence-corrected chi connectivity index (χ2v) is 3.51. The fourth-order valence-corrected chi connectivity index (χ4v) is 1.54. The molecule has 0 saturated carbocycles. The molecular formula is C10H18OS. The monoisotopic (exact) mass is 186 g/mol. The first kappa shape index (κ1) is 11.7. The number of hydrogen-bond donors (Lipinski definition) is 0. The van der Waals surface area contributed by atoms with Gasteiger partial charge in [0.25, 0.3) is 0 Å². The lowest BCUT2D eigenvalue weighted by Gasteiger charge is -2.21.